The Hall–Kier alpha value is -2.68. The van der Waals surface area contributed by atoms with Crippen molar-refractivity contribution >= 4 is 58.3 Å². The molecule has 192 valence electrons. The fourth-order valence-corrected chi connectivity index (χ4v) is 6.61. The fourth-order valence-electron chi connectivity index (χ4n) is 3.87. The Kier molecular flexibility index (Phi) is 8.72. The van der Waals surface area contributed by atoms with Crippen molar-refractivity contribution in [1.29, 1.82) is 0 Å². The van der Waals surface area contributed by atoms with Crippen LogP contribution in [0.4, 0.5) is 5.82 Å². The summed E-state index contributed by atoms with van der Waals surface area (Å²) in [5.74, 6) is 1.04. The highest BCUT2D eigenvalue weighted by Gasteiger charge is 2.21. The van der Waals surface area contributed by atoms with Gasteiger partial charge in [0.15, 0.2) is 0 Å². The zero-order valence-electron chi connectivity index (χ0n) is 20.8. The Morgan fingerprint density at radius 1 is 1.03 bits per heavy atom. The molecule has 0 N–H and O–H groups in total. The first-order chi connectivity index (χ1) is 17.7. The molecule has 1 aliphatic heterocycles. The van der Waals surface area contributed by atoms with E-state index in [-0.39, 0.29) is 6.15 Å². The van der Waals surface area contributed by atoms with E-state index in [2.05, 4.69) is 37.1 Å². The number of carbonyl (C=O) groups excluding carboxylic acids is 2. The number of hydrogen-bond acceptors (Lipinski definition) is 8. The minimum absolute atomic E-state index is 0.250. The normalized spacial score (nSPS) is 12.7. The van der Waals surface area contributed by atoms with E-state index in [1.54, 1.807) is 23.1 Å². The summed E-state index contributed by atoms with van der Waals surface area (Å²) in [5, 5.41) is 7.14. The Balaban J connectivity index is 0.00000102. The van der Waals surface area contributed by atoms with Crippen molar-refractivity contribution in [3.63, 3.8) is 0 Å². The van der Waals surface area contributed by atoms with Gasteiger partial charge in [0.25, 0.3) is 0 Å². The lowest BCUT2D eigenvalue weighted by atomic mass is 10.1. The van der Waals surface area contributed by atoms with Crippen LogP contribution in [0.3, 0.4) is 0 Å². The van der Waals surface area contributed by atoms with Gasteiger partial charge >= 0.3 is 6.15 Å². The molecule has 4 heterocycles. The van der Waals surface area contributed by atoms with Gasteiger partial charge in [-0.1, -0.05) is 54.5 Å². The molecule has 3 aromatic heterocycles. The number of halogens is 2. The van der Waals surface area contributed by atoms with Crippen molar-refractivity contribution < 1.29 is 9.59 Å². The second-order valence-electron chi connectivity index (χ2n) is 8.78. The van der Waals surface area contributed by atoms with Crippen molar-refractivity contribution in [2.24, 2.45) is 0 Å². The average molecular weight is 575 g/mol. The molecule has 11 heteroatoms. The fraction of sp³-hybridized carbons (Fsp3) is 0.308. The van der Waals surface area contributed by atoms with Crippen LogP contribution in [0.15, 0.2) is 40.7 Å². The second kappa shape index (κ2) is 11.8. The molecule has 0 amide bonds. The van der Waals surface area contributed by atoms with Gasteiger partial charge < -0.3 is 4.90 Å². The van der Waals surface area contributed by atoms with Crippen molar-refractivity contribution in [3.05, 3.63) is 58.0 Å². The number of rotatable bonds is 6. The Morgan fingerprint density at radius 3 is 2.38 bits per heavy atom. The number of aromatic nitrogens is 4. The van der Waals surface area contributed by atoms with E-state index < -0.39 is 0 Å². The predicted molar refractivity (Wildman–Crippen MR) is 150 cm³/mol. The number of benzene rings is 1. The van der Waals surface area contributed by atoms with Gasteiger partial charge in [-0.3, -0.25) is 0 Å². The van der Waals surface area contributed by atoms with Gasteiger partial charge in [-0.05, 0) is 50.1 Å². The number of aryl methyl sites for hydroxylation is 2. The zero-order chi connectivity index (χ0) is 26.7. The topological polar surface area (TPSA) is 81.0 Å². The first kappa shape index (κ1) is 27.4. The van der Waals surface area contributed by atoms with Crippen molar-refractivity contribution in [1.82, 2.24) is 19.7 Å². The molecule has 1 aromatic carbocycles. The van der Waals surface area contributed by atoms with Crippen LogP contribution in [-0.4, -0.2) is 44.2 Å². The summed E-state index contributed by atoms with van der Waals surface area (Å²) in [6, 6.07) is 9.96. The number of nitrogens with zero attached hydrogens (tertiary/aromatic N) is 5. The van der Waals surface area contributed by atoms with Gasteiger partial charge in [-0.2, -0.15) is 14.7 Å². The third kappa shape index (κ3) is 6.25. The number of thioether (sulfide) groups is 1. The quantitative estimate of drug-likeness (QED) is 0.227. The Labute approximate surface area is 233 Å². The minimum atomic E-state index is 0.250. The summed E-state index contributed by atoms with van der Waals surface area (Å²) in [6.45, 7) is 10.6. The maximum Gasteiger partial charge on any atom is 0.373 e. The van der Waals surface area contributed by atoms with Crippen LogP contribution in [0.5, 0.6) is 0 Å². The smallest absolute Gasteiger partial charge is 0.356 e. The number of hydrogen-bond donors (Lipinski definition) is 0. The summed E-state index contributed by atoms with van der Waals surface area (Å²) >= 11 is 15.9. The molecule has 0 saturated carbocycles. The van der Waals surface area contributed by atoms with Crippen LogP contribution >= 0.6 is 46.3 Å². The van der Waals surface area contributed by atoms with Crippen LogP contribution < -0.4 is 4.90 Å². The van der Waals surface area contributed by atoms with E-state index in [4.69, 9.17) is 47.9 Å². The number of thiazole rings is 1. The van der Waals surface area contributed by atoms with Gasteiger partial charge in [-0.25, -0.2) is 14.6 Å². The molecular formula is C26H25Cl2N5O2S2. The number of pyridine rings is 1. The van der Waals surface area contributed by atoms with Crippen molar-refractivity contribution in [2.75, 3.05) is 18.0 Å². The van der Waals surface area contributed by atoms with E-state index in [1.807, 2.05) is 36.7 Å². The van der Waals surface area contributed by atoms with E-state index in [0.29, 0.717) is 15.3 Å². The van der Waals surface area contributed by atoms with Crippen LogP contribution in [-0.2, 0) is 9.59 Å². The highest BCUT2D eigenvalue weighted by molar-refractivity contribution is 8.01. The van der Waals surface area contributed by atoms with Crippen molar-refractivity contribution in [2.45, 2.75) is 43.6 Å². The number of anilines is 1. The van der Waals surface area contributed by atoms with Gasteiger partial charge in [0, 0.05) is 41.4 Å². The lowest BCUT2D eigenvalue weighted by Gasteiger charge is -2.32. The third-order valence-electron chi connectivity index (χ3n) is 5.65. The lowest BCUT2D eigenvalue weighted by Crippen LogP contribution is -2.37. The molecule has 4 aromatic rings. The molecule has 0 aliphatic carbocycles. The first-order valence-corrected chi connectivity index (χ1v) is 14.1. The maximum atomic E-state index is 8.12. The average Bonchev–Trinajstić information content (AvgIpc) is 3.38. The molecule has 37 heavy (non-hydrogen) atoms. The second-order valence-corrected chi connectivity index (χ2v) is 12.4. The Bertz CT molecular complexity index is 1460. The van der Waals surface area contributed by atoms with Crippen LogP contribution in [0.25, 0.3) is 27.5 Å². The summed E-state index contributed by atoms with van der Waals surface area (Å²) in [5.41, 5.74) is 6.07. The first-order valence-electron chi connectivity index (χ1n) is 11.6. The highest BCUT2D eigenvalue weighted by Crippen LogP contribution is 2.41. The summed E-state index contributed by atoms with van der Waals surface area (Å²) < 4.78 is 3.03. The summed E-state index contributed by atoms with van der Waals surface area (Å²) in [6.07, 6.45) is 3.55. The summed E-state index contributed by atoms with van der Waals surface area (Å²) in [4.78, 5) is 28.3. The molecule has 0 unspecified atom stereocenters. The molecule has 1 saturated heterocycles. The molecule has 7 nitrogen and oxygen atoms in total. The molecule has 0 radical (unpaired) electrons. The maximum absolute atomic E-state index is 8.12. The Morgan fingerprint density at radius 2 is 1.76 bits per heavy atom. The van der Waals surface area contributed by atoms with E-state index in [0.717, 1.165) is 62.0 Å². The van der Waals surface area contributed by atoms with E-state index in [9.17, 15) is 0 Å². The minimum Gasteiger partial charge on any atom is -0.356 e. The highest BCUT2D eigenvalue weighted by atomic mass is 35.5. The molecule has 0 spiro atoms. The standard InChI is InChI=1S/C25H25Cl2N5S2.CO2/c1-14(2)33-24-23(17-6-7-20(26)21(27)11-17)29-25(34-24)32-13-19(16(4)30-32)18-10-15(3)28-22(12-18)31-8-5-9-31;2-1-3/h6-7,10-14H,5,8-9H2,1-4H3;. The monoisotopic (exact) mass is 573 g/mol. The van der Waals surface area contributed by atoms with Gasteiger partial charge in [0.2, 0.25) is 5.13 Å². The molecule has 0 bridgehead atoms. The third-order valence-corrected chi connectivity index (χ3v) is 8.64. The van der Waals surface area contributed by atoms with Gasteiger partial charge in [0.1, 0.15) is 5.82 Å². The van der Waals surface area contributed by atoms with Crippen LogP contribution in [0, 0.1) is 13.8 Å². The molecule has 0 atom stereocenters. The molecular weight excluding hydrogens is 549 g/mol. The SMILES string of the molecule is Cc1cc(-c2cn(-c3nc(-c4ccc(Cl)c(Cl)c4)c(SC(C)C)s3)nc2C)cc(N2CCC2)n1.O=C=O. The van der Waals surface area contributed by atoms with Gasteiger partial charge in [0.05, 0.1) is 25.6 Å². The zero-order valence-corrected chi connectivity index (χ0v) is 23.9. The van der Waals surface area contributed by atoms with Crippen LogP contribution in [0.1, 0.15) is 31.7 Å². The molecule has 1 fully saturated rings. The molecule has 1 aliphatic rings. The lowest BCUT2D eigenvalue weighted by molar-refractivity contribution is -0.191. The van der Waals surface area contributed by atoms with E-state index in [1.165, 1.54) is 6.42 Å². The van der Waals surface area contributed by atoms with Crippen LogP contribution in [0.2, 0.25) is 10.0 Å². The van der Waals surface area contributed by atoms with Crippen molar-refractivity contribution in [3.8, 4) is 27.5 Å². The largest absolute Gasteiger partial charge is 0.373 e. The summed E-state index contributed by atoms with van der Waals surface area (Å²) in [7, 11) is 0. The van der Waals surface area contributed by atoms with Gasteiger partial charge in [-0.15, -0.1) is 11.8 Å². The molecule has 5 rings (SSSR count). The van der Waals surface area contributed by atoms with E-state index >= 15 is 0 Å². The predicted octanol–water partition coefficient (Wildman–Crippen LogP) is 7.11.